The van der Waals surface area contributed by atoms with Crippen LogP contribution in [0.15, 0.2) is 91.0 Å². The minimum absolute atomic E-state index is 0.0344. The number of benzene rings is 4. The fourth-order valence-electron chi connectivity index (χ4n) is 4.55. The standard InChI is InChI=1S/C30H19F13N2O2/c31-26(32,27(33,34)30(41,42)43)23-15-22(13-14-24(23)45)47-20-9-3-17(4-10-20)25(28(35,36)37,29(38,39)40)16-1-7-19(8-2-16)46-21-11-5-18(44)6-12-21/h1-15H,44-45H2. The van der Waals surface area contributed by atoms with Gasteiger partial charge in [-0.3, -0.25) is 0 Å². The highest BCUT2D eigenvalue weighted by molar-refractivity contribution is 5.55. The van der Waals surface area contributed by atoms with Gasteiger partial charge in [-0.1, -0.05) is 24.3 Å². The molecule has 0 saturated carbocycles. The molecule has 0 aromatic heterocycles. The summed E-state index contributed by atoms with van der Waals surface area (Å²) in [7, 11) is 0. The largest absolute Gasteiger partial charge is 0.460 e. The van der Waals surface area contributed by atoms with Crippen molar-refractivity contribution in [1.82, 2.24) is 0 Å². The molecule has 0 amide bonds. The van der Waals surface area contributed by atoms with Gasteiger partial charge in [0.2, 0.25) is 5.41 Å². The van der Waals surface area contributed by atoms with Gasteiger partial charge in [-0.05, 0) is 77.9 Å². The third kappa shape index (κ3) is 6.30. The highest BCUT2D eigenvalue weighted by Crippen LogP contribution is 2.57. The monoisotopic (exact) mass is 686 g/mol. The third-order valence-corrected chi connectivity index (χ3v) is 6.89. The van der Waals surface area contributed by atoms with E-state index >= 15 is 0 Å². The van der Waals surface area contributed by atoms with Crippen LogP contribution in [0.2, 0.25) is 0 Å². The maximum atomic E-state index is 14.5. The van der Waals surface area contributed by atoms with Crippen molar-refractivity contribution in [2.24, 2.45) is 0 Å². The number of anilines is 2. The Morgan fingerprint density at radius 2 is 0.787 bits per heavy atom. The molecule has 0 spiro atoms. The van der Waals surface area contributed by atoms with Gasteiger partial charge in [-0.15, -0.1) is 0 Å². The molecule has 0 aliphatic carbocycles. The molecule has 0 atom stereocenters. The van der Waals surface area contributed by atoms with Crippen molar-refractivity contribution in [3.8, 4) is 23.0 Å². The first kappa shape index (κ1) is 35.0. The Morgan fingerprint density at radius 3 is 1.17 bits per heavy atom. The maximum absolute atomic E-state index is 14.5. The molecular weight excluding hydrogens is 667 g/mol. The van der Waals surface area contributed by atoms with Gasteiger partial charge in [0.15, 0.2) is 0 Å². The Labute approximate surface area is 256 Å². The number of alkyl halides is 13. The fourth-order valence-corrected chi connectivity index (χ4v) is 4.55. The number of ether oxygens (including phenoxy) is 2. The van der Waals surface area contributed by atoms with Crippen LogP contribution >= 0.6 is 0 Å². The van der Waals surface area contributed by atoms with Crippen LogP contribution in [0, 0.1) is 0 Å². The summed E-state index contributed by atoms with van der Waals surface area (Å²) in [6.45, 7) is 0. The number of nitrogens with two attached hydrogens (primary N) is 2. The molecule has 0 fully saturated rings. The molecule has 4 aromatic carbocycles. The summed E-state index contributed by atoms with van der Waals surface area (Å²) in [5.74, 6) is -13.8. The quantitative estimate of drug-likeness (QED) is 0.143. The number of rotatable bonds is 8. The van der Waals surface area contributed by atoms with Gasteiger partial charge in [0.25, 0.3) is 0 Å². The molecule has 252 valence electrons. The summed E-state index contributed by atoms with van der Waals surface area (Å²) >= 11 is 0. The topological polar surface area (TPSA) is 70.5 Å². The van der Waals surface area contributed by atoms with Crippen molar-refractivity contribution in [2.45, 2.75) is 35.8 Å². The van der Waals surface area contributed by atoms with E-state index in [9.17, 15) is 57.1 Å². The highest BCUT2D eigenvalue weighted by atomic mass is 19.4. The van der Waals surface area contributed by atoms with Crippen LogP contribution < -0.4 is 20.9 Å². The first-order valence-corrected chi connectivity index (χ1v) is 12.8. The zero-order chi connectivity index (χ0) is 35.2. The van der Waals surface area contributed by atoms with Crippen molar-refractivity contribution in [1.29, 1.82) is 0 Å². The second-order valence-corrected chi connectivity index (χ2v) is 9.96. The molecule has 0 aliphatic rings. The van der Waals surface area contributed by atoms with Crippen molar-refractivity contribution < 1.29 is 66.5 Å². The van der Waals surface area contributed by atoms with Gasteiger partial charge < -0.3 is 20.9 Å². The molecule has 17 heteroatoms. The number of nitrogen functional groups attached to an aromatic ring is 2. The predicted molar refractivity (Wildman–Crippen MR) is 143 cm³/mol. The Balaban J connectivity index is 1.70. The van der Waals surface area contributed by atoms with E-state index in [0.717, 1.165) is 18.2 Å². The lowest BCUT2D eigenvalue weighted by Gasteiger charge is -2.38. The van der Waals surface area contributed by atoms with E-state index in [1.54, 1.807) is 0 Å². The highest BCUT2D eigenvalue weighted by Gasteiger charge is 2.74. The van der Waals surface area contributed by atoms with Crippen molar-refractivity contribution >= 4 is 11.4 Å². The lowest BCUT2D eigenvalue weighted by Crippen LogP contribution is -2.54. The molecule has 4 rings (SSSR count). The Morgan fingerprint density at radius 1 is 0.426 bits per heavy atom. The summed E-state index contributed by atoms with van der Waals surface area (Å²) in [6.07, 6.45) is -18.7. The number of hydrogen-bond acceptors (Lipinski definition) is 4. The zero-order valence-corrected chi connectivity index (χ0v) is 23.0. The lowest BCUT2D eigenvalue weighted by molar-refractivity contribution is -0.359. The van der Waals surface area contributed by atoms with Crippen LogP contribution in [-0.2, 0) is 11.3 Å². The average molecular weight is 686 g/mol. The van der Waals surface area contributed by atoms with Crippen LogP contribution in [-0.4, -0.2) is 24.5 Å². The minimum atomic E-state index is -6.69. The first-order valence-electron chi connectivity index (χ1n) is 12.8. The molecular formula is C30H19F13N2O2. The minimum Gasteiger partial charge on any atom is -0.457 e. The predicted octanol–water partition coefficient (Wildman–Crippen LogP) is 10.1. The molecule has 4 nitrogen and oxygen atoms in total. The number of hydrogen-bond donors (Lipinski definition) is 2. The summed E-state index contributed by atoms with van der Waals surface area (Å²) in [6, 6.07) is 11.8. The molecule has 4 N–H and O–H groups in total. The normalized spacial score (nSPS) is 13.4. The van der Waals surface area contributed by atoms with E-state index in [4.69, 9.17) is 20.9 Å². The van der Waals surface area contributed by atoms with E-state index < -0.39 is 69.7 Å². The van der Waals surface area contributed by atoms with E-state index in [0.29, 0.717) is 48.2 Å². The average Bonchev–Trinajstić information content (AvgIpc) is 2.95. The second-order valence-electron chi connectivity index (χ2n) is 9.96. The van der Waals surface area contributed by atoms with Crippen molar-refractivity contribution in [3.05, 3.63) is 108 Å². The third-order valence-electron chi connectivity index (χ3n) is 6.89. The van der Waals surface area contributed by atoms with Gasteiger partial charge in [0, 0.05) is 11.4 Å². The smallest absolute Gasteiger partial charge is 0.457 e. The van der Waals surface area contributed by atoms with Crippen molar-refractivity contribution in [2.75, 3.05) is 11.5 Å². The molecule has 47 heavy (non-hydrogen) atoms. The molecule has 0 heterocycles. The summed E-state index contributed by atoms with van der Waals surface area (Å²) in [5.41, 5.74) is 0.725. The van der Waals surface area contributed by atoms with Crippen LogP contribution in [0.3, 0.4) is 0 Å². The van der Waals surface area contributed by atoms with Gasteiger partial charge in [-0.25, -0.2) is 0 Å². The van der Waals surface area contributed by atoms with E-state index in [-0.39, 0.29) is 17.6 Å². The first-order chi connectivity index (χ1) is 21.5. The van der Waals surface area contributed by atoms with E-state index in [1.165, 1.54) is 24.3 Å². The van der Waals surface area contributed by atoms with Gasteiger partial charge in [0.05, 0.1) is 5.56 Å². The molecule has 0 unspecified atom stereocenters. The summed E-state index contributed by atoms with van der Waals surface area (Å²) < 4.78 is 191. The van der Waals surface area contributed by atoms with Gasteiger partial charge in [-0.2, -0.15) is 57.1 Å². The fraction of sp³-hybridized carbons (Fsp3) is 0.200. The number of halogens is 13. The molecule has 0 radical (unpaired) electrons. The second kappa shape index (κ2) is 11.8. The van der Waals surface area contributed by atoms with Gasteiger partial charge in [0.1, 0.15) is 23.0 Å². The molecule has 0 bridgehead atoms. The van der Waals surface area contributed by atoms with E-state index in [1.807, 2.05) is 0 Å². The zero-order valence-electron chi connectivity index (χ0n) is 23.0. The Hall–Kier alpha value is -4.83. The summed E-state index contributed by atoms with van der Waals surface area (Å²) in [4.78, 5) is 0. The van der Waals surface area contributed by atoms with Crippen molar-refractivity contribution in [3.63, 3.8) is 0 Å². The molecule has 0 saturated heterocycles. The van der Waals surface area contributed by atoms with Crippen LogP contribution in [0.4, 0.5) is 68.5 Å². The Bertz CT molecular complexity index is 1680. The van der Waals surface area contributed by atoms with E-state index in [2.05, 4.69) is 0 Å². The maximum Gasteiger partial charge on any atom is 0.460 e. The van der Waals surface area contributed by atoms with Crippen LogP contribution in [0.1, 0.15) is 16.7 Å². The Kier molecular flexibility index (Phi) is 8.76. The van der Waals surface area contributed by atoms with Crippen LogP contribution in [0.25, 0.3) is 0 Å². The lowest BCUT2D eigenvalue weighted by atomic mass is 9.73. The SMILES string of the molecule is Nc1ccc(Oc2ccc(C(c3ccc(Oc4ccc(N)c(C(F)(F)C(F)(F)C(F)(F)F)c4)cc3)(C(F)(F)F)C(F)(F)F)cc2)cc1. The van der Waals surface area contributed by atoms with Crippen LogP contribution in [0.5, 0.6) is 23.0 Å². The van der Waals surface area contributed by atoms with Gasteiger partial charge >= 0.3 is 30.4 Å². The summed E-state index contributed by atoms with van der Waals surface area (Å²) in [5, 5.41) is 0. The molecule has 0 aliphatic heterocycles. The molecule has 4 aromatic rings.